The lowest BCUT2D eigenvalue weighted by molar-refractivity contribution is -0.757. The topological polar surface area (TPSA) is 64.8 Å². The molecule has 1 fully saturated rings. The molecule has 2 aliphatic rings. The van der Waals surface area contributed by atoms with Gasteiger partial charge in [0.05, 0.1) is 0 Å². The van der Waals surface area contributed by atoms with Crippen molar-refractivity contribution in [2.45, 2.75) is 51.5 Å². The summed E-state index contributed by atoms with van der Waals surface area (Å²) in [5, 5.41) is 9.40. The lowest BCUT2D eigenvalue weighted by Crippen LogP contribution is -2.54. The molecular weight excluding hydrogens is 320 g/mol. The summed E-state index contributed by atoms with van der Waals surface area (Å²) in [6.07, 6.45) is 3.83. The molecule has 3 rings (SSSR count). The molecule has 6 nitrogen and oxygen atoms in total. The fourth-order valence-electron chi connectivity index (χ4n) is 4.62. The average molecular weight is 348 g/mol. The van der Waals surface area contributed by atoms with Gasteiger partial charge in [0, 0.05) is 24.3 Å². The Balaban J connectivity index is 1.82. The lowest BCUT2D eigenvalue weighted by Gasteiger charge is -2.54. The third-order valence-electron chi connectivity index (χ3n) is 6.20. The Kier molecular flexibility index (Phi) is 4.80. The summed E-state index contributed by atoms with van der Waals surface area (Å²) in [5.74, 6) is 2.76. The fourth-order valence-corrected chi connectivity index (χ4v) is 4.62. The Morgan fingerprint density at radius 2 is 2.08 bits per heavy atom. The fraction of sp³-hybridized carbons (Fsp3) is 0.684. The van der Waals surface area contributed by atoms with Gasteiger partial charge in [0.25, 0.3) is 5.09 Å². The molecule has 1 heterocycles. The number of ether oxygens (including phenoxy) is 1. The van der Waals surface area contributed by atoms with E-state index in [1.165, 1.54) is 30.5 Å². The van der Waals surface area contributed by atoms with Crippen molar-refractivity contribution in [3.8, 4) is 5.75 Å². The summed E-state index contributed by atoms with van der Waals surface area (Å²) in [6, 6.07) is 6.23. The van der Waals surface area contributed by atoms with Crippen molar-refractivity contribution in [3.63, 3.8) is 0 Å². The first-order valence-electron chi connectivity index (χ1n) is 9.08. The highest BCUT2D eigenvalue weighted by atomic mass is 17.0. The van der Waals surface area contributed by atoms with Crippen LogP contribution in [0.4, 0.5) is 5.69 Å². The standard InChI is InChI=1S/C19H28N2O4/c1-13-5-8-17-16(11-13)15-7-6-14(24-9-10-25-21(22)23)12-18(15)20(4)19(17,2)3/h6-7,12-13,16-17H,5,8-11H2,1-4H3/t13-,16+,17-/m1/s1. The van der Waals surface area contributed by atoms with Gasteiger partial charge in [-0.2, -0.15) is 0 Å². The Morgan fingerprint density at radius 1 is 1.32 bits per heavy atom. The molecule has 1 aromatic carbocycles. The molecule has 3 atom stereocenters. The van der Waals surface area contributed by atoms with E-state index in [4.69, 9.17) is 4.74 Å². The number of fused-ring (bicyclic) bond motifs is 3. The van der Waals surface area contributed by atoms with Crippen molar-refractivity contribution in [1.82, 2.24) is 0 Å². The van der Waals surface area contributed by atoms with E-state index < -0.39 is 5.09 Å². The molecule has 0 N–H and O–H groups in total. The minimum Gasteiger partial charge on any atom is -0.492 e. The van der Waals surface area contributed by atoms with E-state index >= 15 is 0 Å². The van der Waals surface area contributed by atoms with E-state index in [0.29, 0.717) is 11.8 Å². The van der Waals surface area contributed by atoms with Gasteiger partial charge in [0.2, 0.25) is 0 Å². The largest absolute Gasteiger partial charge is 0.492 e. The quantitative estimate of drug-likeness (QED) is 0.457. The van der Waals surface area contributed by atoms with E-state index in [1.54, 1.807) is 0 Å². The summed E-state index contributed by atoms with van der Waals surface area (Å²) in [7, 11) is 2.16. The zero-order valence-electron chi connectivity index (χ0n) is 15.5. The summed E-state index contributed by atoms with van der Waals surface area (Å²) in [5.41, 5.74) is 2.73. The first-order chi connectivity index (χ1) is 11.8. The summed E-state index contributed by atoms with van der Waals surface area (Å²) in [6.45, 7) is 7.13. The molecule has 1 saturated carbocycles. The molecule has 6 heteroatoms. The van der Waals surface area contributed by atoms with Crippen LogP contribution in [0.1, 0.15) is 51.5 Å². The molecule has 0 aromatic heterocycles. The summed E-state index contributed by atoms with van der Waals surface area (Å²) < 4.78 is 5.64. The van der Waals surface area contributed by atoms with Crippen LogP contribution >= 0.6 is 0 Å². The second kappa shape index (κ2) is 6.73. The molecule has 138 valence electrons. The number of anilines is 1. The Labute approximate surface area is 149 Å². The molecule has 0 unspecified atom stereocenters. The molecule has 1 aliphatic heterocycles. The second-order valence-corrected chi connectivity index (χ2v) is 7.97. The maximum absolute atomic E-state index is 10.2. The zero-order chi connectivity index (χ0) is 18.2. The number of benzene rings is 1. The van der Waals surface area contributed by atoms with Crippen LogP contribution in [0.5, 0.6) is 5.75 Å². The van der Waals surface area contributed by atoms with Gasteiger partial charge < -0.3 is 14.5 Å². The van der Waals surface area contributed by atoms with Crippen molar-refractivity contribution >= 4 is 5.69 Å². The van der Waals surface area contributed by atoms with Crippen LogP contribution in [-0.2, 0) is 4.84 Å². The molecular formula is C19H28N2O4. The van der Waals surface area contributed by atoms with Crippen LogP contribution in [0.3, 0.4) is 0 Å². The van der Waals surface area contributed by atoms with Crippen LogP contribution in [0.15, 0.2) is 18.2 Å². The van der Waals surface area contributed by atoms with Crippen LogP contribution in [0, 0.1) is 22.0 Å². The Hall–Kier alpha value is -1.98. The minimum atomic E-state index is -0.795. The van der Waals surface area contributed by atoms with Crippen LogP contribution in [0.2, 0.25) is 0 Å². The van der Waals surface area contributed by atoms with E-state index in [0.717, 1.165) is 11.7 Å². The minimum absolute atomic E-state index is 0.0619. The number of rotatable bonds is 5. The van der Waals surface area contributed by atoms with E-state index in [1.807, 2.05) is 6.07 Å². The van der Waals surface area contributed by atoms with Gasteiger partial charge in [0.1, 0.15) is 19.0 Å². The third-order valence-corrected chi connectivity index (χ3v) is 6.20. The van der Waals surface area contributed by atoms with Gasteiger partial charge in [-0.15, -0.1) is 10.1 Å². The lowest BCUT2D eigenvalue weighted by atomic mass is 9.62. The number of hydrogen-bond acceptors (Lipinski definition) is 5. The normalized spacial score (nSPS) is 27.2. The monoisotopic (exact) mass is 348 g/mol. The molecule has 0 saturated heterocycles. The van der Waals surface area contributed by atoms with Crippen molar-refractivity contribution < 1.29 is 14.7 Å². The van der Waals surface area contributed by atoms with Gasteiger partial charge in [0.15, 0.2) is 0 Å². The van der Waals surface area contributed by atoms with E-state index in [9.17, 15) is 10.1 Å². The van der Waals surface area contributed by atoms with Crippen LogP contribution in [0.25, 0.3) is 0 Å². The molecule has 0 radical (unpaired) electrons. The second-order valence-electron chi connectivity index (χ2n) is 7.97. The first kappa shape index (κ1) is 17.8. The summed E-state index contributed by atoms with van der Waals surface area (Å²) >= 11 is 0. The van der Waals surface area contributed by atoms with Crippen LogP contribution in [-0.4, -0.2) is 30.9 Å². The Morgan fingerprint density at radius 3 is 2.80 bits per heavy atom. The first-order valence-corrected chi connectivity index (χ1v) is 9.08. The predicted molar refractivity (Wildman–Crippen MR) is 96.6 cm³/mol. The SMILES string of the molecule is C[C@@H]1CC[C@@H]2[C@@H](C1)c1ccc(OCCO[N+](=O)[O-])cc1N(C)C2(C)C. The molecule has 0 amide bonds. The number of hydrogen-bond donors (Lipinski definition) is 0. The number of nitrogens with zero attached hydrogens (tertiary/aromatic N) is 2. The van der Waals surface area contributed by atoms with Gasteiger partial charge in [-0.1, -0.05) is 19.4 Å². The van der Waals surface area contributed by atoms with Gasteiger partial charge >= 0.3 is 0 Å². The van der Waals surface area contributed by atoms with E-state index in [-0.39, 0.29) is 18.8 Å². The maximum atomic E-state index is 10.2. The predicted octanol–water partition coefficient (Wildman–Crippen LogP) is 4.02. The highest BCUT2D eigenvalue weighted by molar-refractivity contribution is 5.62. The van der Waals surface area contributed by atoms with Gasteiger partial charge in [-0.3, -0.25) is 0 Å². The zero-order valence-corrected chi connectivity index (χ0v) is 15.5. The molecule has 25 heavy (non-hydrogen) atoms. The highest BCUT2D eigenvalue weighted by Crippen LogP contribution is 2.54. The molecule has 1 aliphatic carbocycles. The molecule has 0 bridgehead atoms. The third kappa shape index (κ3) is 3.39. The molecule has 1 aromatic rings. The summed E-state index contributed by atoms with van der Waals surface area (Å²) in [4.78, 5) is 16.9. The molecule has 0 spiro atoms. The van der Waals surface area contributed by atoms with E-state index in [2.05, 4.69) is 49.7 Å². The maximum Gasteiger partial charge on any atom is 0.294 e. The highest BCUT2D eigenvalue weighted by Gasteiger charge is 2.46. The van der Waals surface area contributed by atoms with Crippen molar-refractivity contribution in [2.24, 2.45) is 11.8 Å². The van der Waals surface area contributed by atoms with Crippen molar-refractivity contribution in [1.29, 1.82) is 0 Å². The van der Waals surface area contributed by atoms with Crippen LogP contribution < -0.4 is 9.64 Å². The average Bonchev–Trinajstić information content (AvgIpc) is 2.56. The van der Waals surface area contributed by atoms with Crippen molar-refractivity contribution in [3.05, 3.63) is 33.9 Å². The smallest absolute Gasteiger partial charge is 0.294 e. The van der Waals surface area contributed by atoms with Crippen molar-refractivity contribution in [2.75, 3.05) is 25.2 Å². The Bertz CT molecular complexity index is 646. The van der Waals surface area contributed by atoms with Gasteiger partial charge in [-0.25, -0.2) is 0 Å². The van der Waals surface area contributed by atoms with Gasteiger partial charge in [-0.05, 0) is 56.1 Å².